The van der Waals surface area contributed by atoms with Crippen molar-refractivity contribution >= 4 is 17.7 Å². The molecular weight excluding hydrogens is 274 g/mol. The lowest BCUT2D eigenvalue weighted by Crippen LogP contribution is -2.56. The van der Waals surface area contributed by atoms with E-state index in [2.05, 4.69) is 10.6 Å². The van der Waals surface area contributed by atoms with Crippen molar-refractivity contribution in [2.24, 2.45) is 0 Å². The largest absolute Gasteiger partial charge is 0.479 e. The Morgan fingerprint density at radius 3 is 2.40 bits per heavy atom. The molecule has 1 aliphatic rings. The molecule has 1 unspecified atom stereocenters. The van der Waals surface area contributed by atoms with Gasteiger partial charge >= 0.3 is 12.0 Å². The lowest BCUT2D eigenvalue weighted by Gasteiger charge is -2.23. The molecule has 8 heteroatoms. The number of carboxylic acid groups (broad SMARTS) is 1. The summed E-state index contributed by atoms with van der Waals surface area (Å²) < 4.78 is 30.9. The monoisotopic (exact) mass is 286 g/mol. The van der Waals surface area contributed by atoms with Gasteiger partial charge in [0.2, 0.25) is 0 Å². The maximum absolute atomic E-state index is 13.0. The SMILES string of the molecule is O=C(Nc1cc(F)cc(F)c1)NC1(C(=O)O)CCOC1. The molecule has 1 aliphatic heterocycles. The van der Waals surface area contributed by atoms with E-state index in [1.807, 2.05) is 0 Å². The highest BCUT2D eigenvalue weighted by Gasteiger charge is 2.44. The molecule has 0 aromatic heterocycles. The van der Waals surface area contributed by atoms with Gasteiger partial charge in [0, 0.05) is 24.8 Å². The third-order valence-corrected chi connectivity index (χ3v) is 2.90. The van der Waals surface area contributed by atoms with Crippen molar-refractivity contribution in [3.05, 3.63) is 29.8 Å². The number of benzene rings is 1. The quantitative estimate of drug-likeness (QED) is 0.782. The summed E-state index contributed by atoms with van der Waals surface area (Å²) >= 11 is 0. The van der Waals surface area contributed by atoms with Crippen LogP contribution in [0.2, 0.25) is 0 Å². The number of carboxylic acids is 1. The summed E-state index contributed by atoms with van der Waals surface area (Å²) in [6.07, 6.45) is 0.118. The summed E-state index contributed by atoms with van der Waals surface area (Å²) in [7, 11) is 0. The van der Waals surface area contributed by atoms with Gasteiger partial charge in [-0.1, -0.05) is 0 Å². The lowest BCUT2D eigenvalue weighted by atomic mass is 9.99. The zero-order valence-corrected chi connectivity index (χ0v) is 10.3. The van der Waals surface area contributed by atoms with Crippen molar-refractivity contribution in [1.29, 1.82) is 0 Å². The lowest BCUT2D eigenvalue weighted by molar-refractivity contribution is -0.144. The molecule has 1 fully saturated rings. The molecule has 0 aliphatic carbocycles. The first-order valence-corrected chi connectivity index (χ1v) is 5.78. The van der Waals surface area contributed by atoms with Gasteiger partial charge in [0.1, 0.15) is 11.6 Å². The second-order valence-corrected chi connectivity index (χ2v) is 4.43. The Morgan fingerprint density at radius 2 is 1.90 bits per heavy atom. The number of urea groups is 1. The van der Waals surface area contributed by atoms with E-state index in [1.165, 1.54) is 0 Å². The number of anilines is 1. The van der Waals surface area contributed by atoms with Crippen molar-refractivity contribution in [3.63, 3.8) is 0 Å². The first-order chi connectivity index (χ1) is 9.41. The molecule has 2 rings (SSSR count). The van der Waals surface area contributed by atoms with Gasteiger partial charge in [-0.3, -0.25) is 0 Å². The Hall–Kier alpha value is -2.22. The van der Waals surface area contributed by atoms with Gasteiger partial charge in [-0.15, -0.1) is 0 Å². The number of rotatable bonds is 3. The zero-order valence-electron chi connectivity index (χ0n) is 10.3. The highest BCUT2D eigenvalue weighted by atomic mass is 19.1. The Labute approximate surface area is 112 Å². The molecule has 1 heterocycles. The van der Waals surface area contributed by atoms with E-state index in [0.29, 0.717) is 6.07 Å². The molecule has 3 N–H and O–H groups in total. The summed E-state index contributed by atoms with van der Waals surface area (Å²) in [6.45, 7) is 0.0500. The predicted molar refractivity (Wildman–Crippen MR) is 64.3 cm³/mol. The Bertz CT molecular complexity index is 524. The van der Waals surface area contributed by atoms with E-state index < -0.39 is 29.2 Å². The van der Waals surface area contributed by atoms with Crippen LogP contribution in [0.4, 0.5) is 19.3 Å². The van der Waals surface area contributed by atoms with Gasteiger partial charge in [-0.05, 0) is 12.1 Å². The average molecular weight is 286 g/mol. The summed E-state index contributed by atoms with van der Waals surface area (Å²) in [5, 5.41) is 13.6. The molecule has 6 nitrogen and oxygen atoms in total. The van der Waals surface area contributed by atoms with Crippen molar-refractivity contribution in [3.8, 4) is 0 Å². The van der Waals surface area contributed by atoms with Crippen LogP contribution in [-0.2, 0) is 9.53 Å². The molecule has 0 spiro atoms. The number of hydrogen-bond donors (Lipinski definition) is 3. The third-order valence-electron chi connectivity index (χ3n) is 2.90. The summed E-state index contributed by atoms with van der Waals surface area (Å²) in [4.78, 5) is 22.9. The maximum atomic E-state index is 13.0. The van der Waals surface area contributed by atoms with Crippen LogP contribution in [0.25, 0.3) is 0 Å². The van der Waals surface area contributed by atoms with E-state index in [-0.39, 0.29) is 25.3 Å². The molecule has 1 aromatic carbocycles. The van der Waals surface area contributed by atoms with Gasteiger partial charge < -0.3 is 20.5 Å². The van der Waals surface area contributed by atoms with Crippen LogP contribution in [0.1, 0.15) is 6.42 Å². The highest BCUT2D eigenvalue weighted by molar-refractivity contribution is 5.94. The van der Waals surface area contributed by atoms with E-state index in [0.717, 1.165) is 12.1 Å². The van der Waals surface area contributed by atoms with Crippen LogP contribution < -0.4 is 10.6 Å². The average Bonchev–Trinajstić information content (AvgIpc) is 2.76. The molecule has 1 aromatic rings. The highest BCUT2D eigenvalue weighted by Crippen LogP contribution is 2.19. The minimum Gasteiger partial charge on any atom is -0.479 e. The number of amides is 2. The topological polar surface area (TPSA) is 87.7 Å². The summed E-state index contributed by atoms with van der Waals surface area (Å²) in [6, 6.07) is 1.62. The molecule has 108 valence electrons. The fraction of sp³-hybridized carbons (Fsp3) is 0.333. The maximum Gasteiger partial charge on any atom is 0.332 e. The smallest absolute Gasteiger partial charge is 0.332 e. The first kappa shape index (κ1) is 14.2. The van der Waals surface area contributed by atoms with Crippen molar-refractivity contribution in [2.45, 2.75) is 12.0 Å². The molecule has 1 saturated heterocycles. The van der Waals surface area contributed by atoms with E-state index in [4.69, 9.17) is 9.84 Å². The second-order valence-electron chi connectivity index (χ2n) is 4.43. The van der Waals surface area contributed by atoms with Crippen molar-refractivity contribution in [1.82, 2.24) is 5.32 Å². The summed E-state index contributed by atoms with van der Waals surface area (Å²) in [5.41, 5.74) is -1.63. The Morgan fingerprint density at radius 1 is 1.25 bits per heavy atom. The standard InChI is InChI=1S/C12H12F2N2O4/c13-7-3-8(14)5-9(4-7)15-11(19)16-12(10(17)18)1-2-20-6-12/h3-5H,1-2,6H2,(H,17,18)(H2,15,16,19). The number of nitrogens with one attached hydrogen (secondary N) is 2. The molecule has 0 saturated carbocycles. The molecule has 0 bridgehead atoms. The molecule has 1 atom stereocenters. The number of carbonyl (C=O) groups excluding carboxylic acids is 1. The third kappa shape index (κ3) is 3.02. The minimum absolute atomic E-state index is 0.112. The number of carbonyl (C=O) groups is 2. The van der Waals surface area contributed by atoms with Gasteiger partial charge in [0.05, 0.1) is 6.61 Å². The fourth-order valence-corrected chi connectivity index (χ4v) is 1.89. The first-order valence-electron chi connectivity index (χ1n) is 5.78. The van der Waals surface area contributed by atoms with E-state index in [1.54, 1.807) is 0 Å². The Kier molecular flexibility index (Phi) is 3.84. The zero-order chi connectivity index (χ0) is 14.8. The van der Waals surface area contributed by atoms with Gasteiger partial charge in [0.25, 0.3) is 0 Å². The molecular formula is C12H12F2N2O4. The van der Waals surface area contributed by atoms with Gasteiger partial charge in [-0.2, -0.15) is 0 Å². The number of hydrogen-bond acceptors (Lipinski definition) is 3. The van der Waals surface area contributed by atoms with E-state index in [9.17, 15) is 18.4 Å². The fourth-order valence-electron chi connectivity index (χ4n) is 1.89. The van der Waals surface area contributed by atoms with Gasteiger partial charge in [0.15, 0.2) is 5.54 Å². The summed E-state index contributed by atoms with van der Waals surface area (Å²) in [5.74, 6) is -2.93. The van der Waals surface area contributed by atoms with Crippen molar-refractivity contribution in [2.75, 3.05) is 18.5 Å². The van der Waals surface area contributed by atoms with Crippen LogP contribution in [0.15, 0.2) is 18.2 Å². The van der Waals surface area contributed by atoms with Gasteiger partial charge in [-0.25, -0.2) is 18.4 Å². The minimum atomic E-state index is -1.52. The van der Waals surface area contributed by atoms with E-state index >= 15 is 0 Å². The number of ether oxygens (including phenoxy) is 1. The van der Waals surface area contributed by atoms with Crippen LogP contribution in [0.5, 0.6) is 0 Å². The Balaban J connectivity index is 2.06. The molecule has 2 amide bonds. The van der Waals surface area contributed by atoms with Crippen LogP contribution >= 0.6 is 0 Å². The predicted octanol–water partition coefficient (Wildman–Crippen LogP) is 1.33. The van der Waals surface area contributed by atoms with Crippen LogP contribution in [-0.4, -0.2) is 35.9 Å². The van der Waals surface area contributed by atoms with Crippen LogP contribution in [0.3, 0.4) is 0 Å². The molecule has 0 radical (unpaired) electrons. The van der Waals surface area contributed by atoms with Crippen LogP contribution in [0, 0.1) is 11.6 Å². The van der Waals surface area contributed by atoms with Crippen molar-refractivity contribution < 1.29 is 28.2 Å². The molecule has 20 heavy (non-hydrogen) atoms. The number of aliphatic carboxylic acids is 1. The normalized spacial score (nSPS) is 21.5. The second kappa shape index (κ2) is 5.41. The number of halogens is 2.